The highest BCUT2D eigenvalue weighted by atomic mass is 79.9. The second-order valence-electron chi connectivity index (χ2n) is 4.47. The van der Waals surface area contributed by atoms with Crippen LogP contribution < -0.4 is 0 Å². The average molecular weight is 319 g/mol. The summed E-state index contributed by atoms with van der Waals surface area (Å²) in [6.45, 7) is -0.0111. The molecular weight excluding hydrogens is 304 g/mol. The summed E-state index contributed by atoms with van der Waals surface area (Å²) in [5.74, 6) is 0.379. The summed E-state index contributed by atoms with van der Waals surface area (Å²) >= 11 is 3.45. The summed E-state index contributed by atoms with van der Waals surface area (Å²) < 4.78 is 23.9. The number of aliphatic hydroxyl groups excluding tert-OH is 1. The van der Waals surface area contributed by atoms with E-state index in [4.69, 9.17) is 0 Å². The summed E-state index contributed by atoms with van der Waals surface area (Å²) in [6, 6.07) is 7.68. The van der Waals surface area contributed by atoms with Gasteiger partial charge in [-0.25, -0.2) is 8.42 Å². The fourth-order valence-corrected chi connectivity index (χ4v) is 4.88. The zero-order valence-electron chi connectivity index (χ0n) is 9.34. The van der Waals surface area contributed by atoms with E-state index in [9.17, 15) is 13.5 Å². The van der Waals surface area contributed by atoms with Crippen LogP contribution >= 0.6 is 15.9 Å². The first kappa shape index (κ1) is 13.1. The van der Waals surface area contributed by atoms with Crippen molar-refractivity contribution in [3.63, 3.8) is 0 Å². The van der Waals surface area contributed by atoms with Gasteiger partial charge < -0.3 is 5.11 Å². The second-order valence-corrected chi connectivity index (χ2v) is 7.56. The Morgan fingerprint density at radius 2 is 2.12 bits per heavy atom. The lowest BCUT2D eigenvalue weighted by molar-refractivity contribution is 0.232. The third-order valence-electron chi connectivity index (χ3n) is 3.34. The molecule has 0 amide bonds. The maximum absolute atomic E-state index is 11.5. The number of hydrogen-bond donors (Lipinski definition) is 1. The quantitative estimate of drug-likeness (QED) is 0.927. The van der Waals surface area contributed by atoms with E-state index in [1.54, 1.807) is 0 Å². The number of hydrogen-bond acceptors (Lipinski definition) is 3. The molecule has 1 aromatic rings. The van der Waals surface area contributed by atoms with Gasteiger partial charge in [-0.1, -0.05) is 34.1 Å². The second kappa shape index (κ2) is 5.08. The summed E-state index contributed by atoms with van der Waals surface area (Å²) in [4.78, 5) is 0. The van der Waals surface area contributed by atoms with E-state index in [0.717, 1.165) is 10.0 Å². The molecule has 0 spiro atoms. The number of halogens is 1. The number of rotatable bonds is 3. The highest BCUT2D eigenvalue weighted by molar-refractivity contribution is 9.10. The van der Waals surface area contributed by atoms with Gasteiger partial charge in [0, 0.05) is 10.4 Å². The normalized spacial score (nSPS) is 24.7. The molecular formula is C12H15BrO3S. The molecule has 2 unspecified atom stereocenters. The Balaban J connectivity index is 2.26. The first-order chi connectivity index (χ1) is 8.03. The van der Waals surface area contributed by atoms with Crippen LogP contribution in [0.5, 0.6) is 0 Å². The van der Waals surface area contributed by atoms with Gasteiger partial charge in [-0.15, -0.1) is 0 Å². The van der Waals surface area contributed by atoms with Crippen molar-refractivity contribution < 1.29 is 13.5 Å². The fraction of sp³-hybridized carbons (Fsp3) is 0.500. The van der Waals surface area contributed by atoms with Crippen LogP contribution in [0.15, 0.2) is 28.7 Å². The van der Waals surface area contributed by atoms with Crippen LogP contribution in [0.3, 0.4) is 0 Å². The first-order valence-electron chi connectivity index (χ1n) is 5.59. The highest BCUT2D eigenvalue weighted by Gasteiger charge is 2.34. The molecule has 1 aliphatic rings. The number of aliphatic hydroxyl groups is 1. The molecule has 0 saturated carbocycles. The Kier molecular flexibility index (Phi) is 3.90. The molecule has 1 aliphatic heterocycles. The highest BCUT2D eigenvalue weighted by Crippen LogP contribution is 2.36. The van der Waals surface area contributed by atoms with Gasteiger partial charge in [0.15, 0.2) is 9.84 Å². The van der Waals surface area contributed by atoms with E-state index < -0.39 is 9.84 Å². The van der Waals surface area contributed by atoms with Gasteiger partial charge in [0.2, 0.25) is 0 Å². The van der Waals surface area contributed by atoms with Crippen LogP contribution in [-0.4, -0.2) is 31.6 Å². The molecule has 1 aromatic carbocycles. The van der Waals surface area contributed by atoms with Gasteiger partial charge in [-0.05, 0) is 24.0 Å². The van der Waals surface area contributed by atoms with E-state index in [1.807, 2.05) is 24.3 Å². The molecule has 0 aliphatic carbocycles. The third kappa shape index (κ3) is 2.89. The molecule has 5 heteroatoms. The molecule has 2 rings (SSSR count). The molecule has 0 radical (unpaired) electrons. The maximum atomic E-state index is 11.5. The van der Waals surface area contributed by atoms with E-state index >= 15 is 0 Å². The van der Waals surface area contributed by atoms with Crippen LogP contribution in [-0.2, 0) is 9.84 Å². The van der Waals surface area contributed by atoms with Gasteiger partial charge in [0.05, 0.1) is 18.1 Å². The number of sulfone groups is 1. The SMILES string of the molecule is O=S1(=O)CCC(C(CO)c2ccccc2Br)C1. The van der Waals surface area contributed by atoms with Crippen molar-refractivity contribution in [2.24, 2.45) is 5.92 Å². The van der Waals surface area contributed by atoms with Crippen molar-refractivity contribution in [2.75, 3.05) is 18.1 Å². The molecule has 0 bridgehead atoms. The average Bonchev–Trinajstić information content (AvgIpc) is 2.63. The molecule has 0 aromatic heterocycles. The zero-order chi connectivity index (χ0) is 12.5. The van der Waals surface area contributed by atoms with Crippen LogP contribution in [0.1, 0.15) is 17.9 Å². The van der Waals surface area contributed by atoms with Crippen molar-refractivity contribution in [1.29, 1.82) is 0 Å². The van der Waals surface area contributed by atoms with E-state index in [1.165, 1.54) is 0 Å². The Morgan fingerprint density at radius 1 is 1.41 bits per heavy atom. The largest absolute Gasteiger partial charge is 0.396 e. The molecule has 1 N–H and O–H groups in total. The lowest BCUT2D eigenvalue weighted by Crippen LogP contribution is -2.18. The Hall–Kier alpha value is -0.390. The van der Waals surface area contributed by atoms with Crippen molar-refractivity contribution in [3.05, 3.63) is 34.3 Å². The van der Waals surface area contributed by atoms with Gasteiger partial charge >= 0.3 is 0 Å². The Bertz CT molecular complexity index is 498. The minimum Gasteiger partial charge on any atom is -0.396 e. The fourth-order valence-electron chi connectivity index (χ4n) is 2.42. The van der Waals surface area contributed by atoms with Crippen molar-refractivity contribution in [3.8, 4) is 0 Å². The monoisotopic (exact) mass is 318 g/mol. The lowest BCUT2D eigenvalue weighted by Gasteiger charge is -2.21. The summed E-state index contributed by atoms with van der Waals surface area (Å²) in [6.07, 6.45) is 0.648. The maximum Gasteiger partial charge on any atom is 0.150 e. The Labute approximate surface area is 110 Å². The van der Waals surface area contributed by atoms with E-state index in [0.29, 0.717) is 6.42 Å². The van der Waals surface area contributed by atoms with Gasteiger partial charge in [0.25, 0.3) is 0 Å². The molecule has 17 heavy (non-hydrogen) atoms. The summed E-state index contributed by atoms with van der Waals surface area (Å²) in [5, 5.41) is 9.52. The van der Waals surface area contributed by atoms with E-state index in [2.05, 4.69) is 15.9 Å². The van der Waals surface area contributed by atoms with Crippen molar-refractivity contribution in [1.82, 2.24) is 0 Å². The minimum atomic E-state index is -2.90. The first-order valence-corrected chi connectivity index (χ1v) is 8.20. The summed E-state index contributed by atoms with van der Waals surface area (Å²) in [5.41, 5.74) is 0.997. The van der Waals surface area contributed by atoms with Gasteiger partial charge in [0.1, 0.15) is 0 Å². The standard InChI is InChI=1S/C12H15BrO3S/c13-12-4-2-1-3-10(12)11(7-14)9-5-6-17(15,16)8-9/h1-4,9,11,14H,5-8H2. The van der Waals surface area contributed by atoms with Gasteiger partial charge in [-0.2, -0.15) is 0 Å². The van der Waals surface area contributed by atoms with E-state index in [-0.39, 0.29) is 29.9 Å². The minimum absolute atomic E-state index is 0.0111. The Morgan fingerprint density at radius 3 is 2.65 bits per heavy atom. The van der Waals surface area contributed by atoms with Crippen molar-refractivity contribution in [2.45, 2.75) is 12.3 Å². The molecule has 2 atom stereocenters. The molecule has 1 saturated heterocycles. The summed E-state index contributed by atoms with van der Waals surface area (Å²) in [7, 11) is -2.90. The topological polar surface area (TPSA) is 54.4 Å². The molecule has 1 heterocycles. The third-order valence-corrected chi connectivity index (χ3v) is 5.85. The zero-order valence-corrected chi connectivity index (χ0v) is 11.7. The molecule has 1 fully saturated rings. The van der Waals surface area contributed by atoms with Gasteiger partial charge in [-0.3, -0.25) is 0 Å². The number of benzene rings is 1. The lowest BCUT2D eigenvalue weighted by atomic mass is 9.86. The molecule has 94 valence electrons. The van der Waals surface area contributed by atoms with Crippen molar-refractivity contribution >= 4 is 25.8 Å². The van der Waals surface area contributed by atoms with Crippen LogP contribution in [0.2, 0.25) is 0 Å². The predicted octanol–water partition coefficient (Wildman–Crippen LogP) is 1.96. The van der Waals surface area contributed by atoms with Crippen LogP contribution in [0.4, 0.5) is 0 Å². The predicted molar refractivity (Wildman–Crippen MR) is 70.7 cm³/mol. The van der Waals surface area contributed by atoms with Crippen LogP contribution in [0.25, 0.3) is 0 Å². The molecule has 3 nitrogen and oxygen atoms in total. The smallest absolute Gasteiger partial charge is 0.150 e. The van der Waals surface area contributed by atoms with Crippen LogP contribution in [0, 0.1) is 5.92 Å².